The predicted molar refractivity (Wildman–Crippen MR) is 118 cm³/mol. The van der Waals surface area contributed by atoms with Gasteiger partial charge in [0.05, 0.1) is 17.6 Å². The summed E-state index contributed by atoms with van der Waals surface area (Å²) in [6, 6.07) is 8.11. The molecule has 2 N–H and O–H groups in total. The van der Waals surface area contributed by atoms with Gasteiger partial charge in [-0.25, -0.2) is 4.98 Å². The zero-order chi connectivity index (χ0) is 21.1. The zero-order valence-corrected chi connectivity index (χ0v) is 18.0. The Kier molecular flexibility index (Phi) is 6.20. The molecule has 2 atom stereocenters. The van der Waals surface area contributed by atoms with Crippen LogP contribution in [0, 0.1) is 19.8 Å². The second-order valence-corrected chi connectivity index (χ2v) is 8.85. The highest BCUT2D eigenvalue weighted by molar-refractivity contribution is 7.10. The van der Waals surface area contributed by atoms with Crippen LogP contribution < -0.4 is 4.87 Å². The van der Waals surface area contributed by atoms with Gasteiger partial charge >= 0.3 is 4.87 Å². The average Bonchev–Trinajstić information content (AvgIpc) is 3.26. The van der Waals surface area contributed by atoms with Gasteiger partial charge in [-0.1, -0.05) is 41.5 Å². The van der Waals surface area contributed by atoms with Crippen LogP contribution in [0.15, 0.2) is 39.6 Å². The minimum atomic E-state index is -0.245. The van der Waals surface area contributed by atoms with Crippen LogP contribution in [0.3, 0.4) is 0 Å². The number of hydrogen-bond acceptors (Lipinski definition) is 6. The van der Waals surface area contributed by atoms with Gasteiger partial charge in [0.2, 0.25) is 11.8 Å². The van der Waals surface area contributed by atoms with Crippen molar-refractivity contribution in [1.29, 1.82) is 0 Å². The summed E-state index contributed by atoms with van der Waals surface area (Å²) in [5.41, 5.74) is 2.98. The fourth-order valence-electron chi connectivity index (χ4n) is 3.84. The maximum atomic E-state index is 11.3. The van der Waals surface area contributed by atoms with Crippen molar-refractivity contribution in [3.05, 3.63) is 61.9 Å². The normalized spacial score (nSPS) is 19.5. The molecule has 4 rings (SSSR count). The lowest BCUT2D eigenvalue weighted by Crippen LogP contribution is -2.22. The lowest BCUT2D eigenvalue weighted by molar-refractivity contribution is 0.00631. The van der Waals surface area contributed by atoms with Crippen molar-refractivity contribution in [2.24, 2.45) is 5.92 Å². The van der Waals surface area contributed by atoms with Gasteiger partial charge in [0.15, 0.2) is 0 Å². The number of thiazole rings is 1. The second-order valence-electron chi connectivity index (χ2n) is 7.84. The molecule has 6 nitrogen and oxygen atoms in total. The number of benzene rings is 1. The van der Waals surface area contributed by atoms with Crippen molar-refractivity contribution < 1.29 is 14.3 Å². The number of oxazole rings is 1. The summed E-state index contributed by atoms with van der Waals surface area (Å²) in [6.45, 7) is 4.41. The van der Waals surface area contributed by atoms with E-state index in [9.17, 15) is 9.90 Å². The molecule has 158 valence electrons. The monoisotopic (exact) mass is 426 g/mol. The van der Waals surface area contributed by atoms with Crippen molar-refractivity contribution >= 4 is 17.4 Å². The van der Waals surface area contributed by atoms with E-state index < -0.39 is 0 Å². The maximum absolute atomic E-state index is 11.3. The first-order valence-electron chi connectivity index (χ1n) is 10.2. The Hall–Kier alpha value is -2.64. The molecule has 2 heterocycles. The Morgan fingerprint density at radius 1 is 1.37 bits per heavy atom. The number of H-pyrrole nitrogens is 1. The first kappa shape index (κ1) is 20.6. The van der Waals surface area contributed by atoms with Crippen LogP contribution in [-0.2, 0) is 11.3 Å². The van der Waals surface area contributed by atoms with Crippen molar-refractivity contribution in [1.82, 2.24) is 9.97 Å². The summed E-state index contributed by atoms with van der Waals surface area (Å²) in [7, 11) is 0. The number of ether oxygens (including phenoxy) is 1. The lowest BCUT2D eigenvalue weighted by Gasteiger charge is -2.27. The van der Waals surface area contributed by atoms with Gasteiger partial charge in [0.1, 0.15) is 11.5 Å². The van der Waals surface area contributed by atoms with Crippen LogP contribution in [0.2, 0.25) is 0 Å². The quantitative estimate of drug-likeness (QED) is 0.565. The number of aromatic amines is 1. The topological polar surface area (TPSA) is 88.3 Å². The van der Waals surface area contributed by atoms with Gasteiger partial charge in [0.25, 0.3) is 0 Å². The van der Waals surface area contributed by atoms with E-state index in [1.54, 1.807) is 0 Å². The smallest absolute Gasteiger partial charge is 0.307 e. The molecule has 0 aliphatic heterocycles. The van der Waals surface area contributed by atoms with Crippen molar-refractivity contribution in [3.63, 3.8) is 0 Å². The SMILES string of the molecule is Cc1cccc(-c2nc(COC3CCCC(C=Cc4sc(=O)[nH]c4O)C3)c(C)o2)c1. The summed E-state index contributed by atoms with van der Waals surface area (Å²) < 4.78 is 12.0. The second kappa shape index (κ2) is 9.02. The molecule has 0 saturated heterocycles. The standard InChI is InChI=1S/C23H26N2O4S/c1-14-5-3-7-17(11-14)22-24-19(15(2)29-22)13-28-18-8-4-6-16(12-18)9-10-20-21(26)25-23(27)30-20/h3,5,7,9-11,16,18,26H,4,6,8,12-13H2,1-2H3,(H,25,27). The molecule has 2 aromatic heterocycles. The Bertz CT molecular complexity index is 1090. The predicted octanol–water partition coefficient (Wildman–Crippen LogP) is 5.20. The summed E-state index contributed by atoms with van der Waals surface area (Å²) in [6.07, 6.45) is 8.17. The molecule has 3 aromatic rings. The minimum Gasteiger partial charge on any atom is -0.493 e. The first-order chi connectivity index (χ1) is 14.5. The molecule has 0 spiro atoms. The van der Waals surface area contributed by atoms with Gasteiger partial charge in [-0.05, 0) is 57.2 Å². The van der Waals surface area contributed by atoms with E-state index in [1.165, 1.54) is 5.56 Å². The van der Waals surface area contributed by atoms with E-state index in [1.807, 2.05) is 25.1 Å². The molecule has 0 amide bonds. The molecule has 1 aliphatic rings. The van der Waals surface area contributed by atoms with Gasteiger partial charge in [0, 0.05) is 5.56 Å². The van der Waals surface area contributed by atoms with Gasteiger partial charge < -0.3 is 14.3 Å². The zero-order valence-electron chi connectivity index (χ0n) is 17.2. The van der Waals surface area contributed by atoms with Gasteiger partial charge in [-0.3, -0.25) is 9.78 Å². The number of nitrogens with zero attached hydrogens (tertiary/aromatic N) is 1. The summed E-state index contributed by atoms with van der Waals surface area (Å²) in [4.78, 5) is 18.7. The lowest BCUT2D eigenvalue weighted by atomic mass is 9.87. The molecular weight excluding hydrogens is 400 g/mol. The summed E-state index contributed by atoms with van der Waals surface area (Å²) in [5.74, 6) is 1.72. The fraction of sp³-hybridized carbons (Fsp3) is 0.391. The van der Waals surface area contributed by atoms with E-state index in [0.717, 1.165) is 54.0 Å². The highest BCUT2D eigenvalue weighted by Crippen LogP contribution is 2.30. The minimum absolute atomic E-state index is 0.0595. The highest BCUT2D eigenvalue weighted by Gasteiger charge is 2.22. The Labute approximate surface area is 179 Å². The van der Waals surface area contributed by atoms with E-state index in [0.29, 0.717) is 23.3 Å². The van der Waals surface area contributed by atoms with Gasteiger partial charge in [-0.2, -0.15) is 0 Å². The first-order valence-corrected chi connectivity index (χ1v) is 11.0. The third-order valence-electron chi connectivity index (χ3n) is 5.46. The van der Waals surface area contributed by atoms with Crippen LogP contribution >= 0.6 is 11.3 Å². The maximum Gasteiger partial charge on any atom is 0.307 e. The van der Waals surface area contributed by atoms with Crippen LogP contribution in [0.4, 0.5) is 0 Å². The summed E-state index contributed by atoms with van der Waals surface area (Å²) >= 11 is 1.02. The number of aromatic hydroxyl groups is 1. The third-order valence-corrected chi connectivity index (χ3v) is 6.29. The molecule has 1 aromatic carbocycles. The molecular formula is C23H26N2O4S. The van der Waals surface area contributed by atoms with Gasteiger partial charge in [-0.15, -0.1) is 0 Å². The van der Waals surface area contributed by atoms with Crippen LogP contribution in [0.1, 0.15) is 47.6 Å². The Morgan fingerprint density at radius 3 is 3.00 bits per heavy atom. The Morgan fingerprint density at radius 2 is 2.23 bits per heavy atom. The number of aryl methyl sites for hydroxylation is 2. The van der Waals surface area contributed by atoms with E-state index in [-0.39, 0.29) is 16.9 Å². The highest BCUT2D eigenvalue weighted by atomic mass is 32.1. The van der Waals surface area contributed by atoms with Crippen molar-refractivity contribution in [3.8, 4) is 17.3 Å². The molecule has 0 bridgehead atoms. The van der Waals surface area contributed by atoms with E-state index >= 15 is 0 Å². The van der Waals surface area contributed by atoms with Crippen LogP contribution in [0.25, 0.3) is 17.5 Å². The third kappa shape index (κ3) is 4.91. The van der Waals surface area contributed by atoms with Crippen molar-refractivity contribution in [2.45, 2.75) is 52.2 Å². The number of aromatic nitrogens is 2. The Balaban J connectivity index is 1.36. The number of hydrogen-bond donors (Lipinski definition) is 2. The molecule has 1 saturated carbocycles. The molecule has 7 heteroatoms. The van der Waals surface area contributed by atoms with Crippen LogP contribution in [0.5, 0.6) is 5.88 Å². The molecule has 1 fully saturated rings. The molecule has 30 heavy (non-hydrogen) atoms. The van der Waals surface area contributed by atoms with E-state index in [4.69, 9.17) is 9.15 Å². The average molecular weight is 427 g/mol. The number of allylic oxidation sites excluding steroid dienone is 1. The fourth-order valence-corrected chi connectivity index (χ4v) is 4.48. The number of rotatable bonds is 6. The largest absolute Gasteiger partial charge is 0.493 e. The molecule has 1 aliphatic carbocycles. The number of nitrogens with one attached hydrogen (secondary N) is 1. The van der Waals surface area contributed by atoms with Crippen LogP contribution in [-0.4, -0.2) is 21.2 Å². The molecule has 2 unspecified atom stereocenters. The van der Waals surface area contributed by atoms with E-state index in [2.05, 4.69) is 35.1 Å². The van der Waals surface area contributed by atoms with Crippen molar-refractivity contribution in [2.75, 3.05) is 0 Å². The summed E-state index contributed by atoms with van der Waals surface area (Å²) in [5, 5.41) is 9.71. The molecule has 0 radical (unpaired) electrons.